The van der Waals surface area contributed by atoms with Gasteiger partial charge in [-0.3, -0.25) is 24.7 Å². The summed E-state index contributed by atoms with van der Waals surface area (Å²) in [6, 6.07) is 6.06. The minimum Gasteiger partial charge on any atom is -0.322 e. The van der Waals surface area contributed by atoms with E-state index < -0.39 is 6.04 Å². The van der Waals surface area contributed by atoms with Crippen LogP contribution in [0.3, 0.4) is 0 Å². The summed E-state index contributed by atoms with van der Waals surface area (Å²) in [6.07, 6.45) is 8.51. The monoisotopic (exact) mass is 452 g/mol. The van der Waals surface area contributed by atoms with Crippen LogP contribution < -0.4 is 10.6 Å². The highest BCUT2D eigenvalue weighted by Crippen LogP contribution is 2.32. The lowest BCUT2D eigenvalue weighted by molar-refractivity contribution is -0.136. The molecule has 5 rings (SSSR count). The molecule has 32 heavy (non-hydrogen) atoms. The van der Waals surface area contributed by atoms with Crippen molar-refractivity contribution in [2.45, 2.75) is 70.1 Å². The van der Waals surface area contributed by atoms with Crippen molar-refractivity contribution < 1.29 is 14.4 Å². The van der Waals surface area contributed by atoms with Crippen LogP contribution in [0.1, 0.15) is 64.9 Å². The Kier molecular flexibility index (Phi) is 6.06. The van der Waals surface area contributed by atoms with Crippen LogP contribution in [0.25, 0.3) is 0 Å². The summed E-state index contributed by atoms with van der Waals surface area (Å²) in [6.45, 7) is 1.30. The van der Waals surface area contributed by atoms with Gasteiger partial charge in [0.1, 0.15) is 6.04 Å². The number of amides is 3. The summed E-state index contributed by atoms with van der Waals surface area (Å²) < 4.78 is 0. The van der Waals surface area contributed by atoms with E-state index in [-0.39, 0.29) is 24.1 Å². The first kappa shape index (κ1) is 21.3. The number of rotatable bonds is 6. The number of nitrogens with one attached hydrogen (secondary N) is 2. The average Bonchev–Trinajstić information content (AvgIpc) is 3.41. The first-order valence-electron chi connectivity index (χ1n) is 11.5. The molecule has 3 atom stereocenters. The van der Waals surface area contributed by atoms with Gasteiger partial charge in [0.15, 0.2) is 0 Å². The van der Waals surface area contributed by atoms with Crippen LogP contribution in [0.2, 0.25) is 0 Å². The summed E-state index contributed by atoms with van der Waals surface area (Å²) in [7, 11) is 0. The Morgan fingerprint density at radius 2 is 2.03 bits per heavy atom. The SMILES string of the molecule is O=C1CCC(N2Cc3cc(C[C@H]4CCCC[C@@H]4NCc4cncs4)ccc3C2=O)C(=O)N1. The second-order valence-electron chi connectivity index (χ2n) is 9.10. The molecule has 0 bridgehead atoms. The van der Waals surface area contributed by atoms with E-state index in [4.69, 9.17) is 0 Å². The van der Waals surface area contributed by atoms with Gasteiger partial charge in [-0.2, -0.15) is 0 Å². The van der Waals surface area contributed by atoms with Crippen LogP contribution in [-0.4, -0.2) is 39.7 Å². The number of benzene rings is 1. The molecule has 1 aromatic carbocycles. The van der Waals surface area contributed by atoms with Gasteiger partial charge in [-0.05, 0) is 48.8 Å². The molecule has 168 valence electrons. The molecule has 3 heterocycles. The maximum Gasteiger partial charge on any atom is 0.255 e. The molecule has 2 aromatic rings. The number of nitrogens with zero attached hydrogens (tertiary/aromatic N) is 2. The topological polar surface area (TPSA) is 91.4 Å². The molecule has 1 saturated carbocycles. The van der Waals surface area contributed by atoms with Gasteiger partial charge in [0.05, 0.1) is 5.51 Å². The molecule has 1 aromatic heterocycles. The van der Waals surface area contributed by atoms with Crippen molar-refractivity contribution in [3.63, 3.8) is 0 Å². The number of carbonyl (C=O) groups excluding carboxylic acids is 3. The van der Waals surface area contributed by atoms with Crippen molar-refractivity contribution in [2.75, 3.05) is 0 Å². The van der Waals surface area contributed by atoms with E-state index in [1.807, 2.05) is 17.8 Å². The molecule has 7 nitrogen and oxygen atoms in total. The number of piperidine rings is 1. The number of fused-ring (bicyclic) bond motifs is 1. The molecule has 0 spiro atoms. The molecule has 0 radical (unpaired) electrons. The second kappa shape index (κ2) is 9.11. The van der Waals surface area contributed by atoms with Crippen LogP contribution in [0.15, 0.2) is 29.9 Å². The van der Waals surface area contributed by atoms with Crippen LogP contribution in [0.5, 0.6) is 0 Å². The first-order valence-corrected chi connectivity index (χ1v) is 12.3. The highest BCUT2D eigenvalue weighted by Gasteiger charge is 2.39. The van der Waals surface area contributed by atoms with Gasteiger partial charge >= 0.3 is 0 Å². The predicted molar refractivity (Wildman–Crippen MR) is 121 cm³/mol. The fraction of sp³-hybridized carbons (Fsp3) is 0.500. The van der Waals surface area contributed by atoms with Crippen LogP contribution >= 0.6 is 11.3 Å². The number of hydrogen-bond acceptors (Lipinski definition) is 6. The number of hydrogen-bond donors (Lipinski definition) is 2. The third-order valence-electron chi connectivity index (χ3n) is 7.02. The second-order valence-corrected chi connectivity index (χ2v) is 10.1. The maximum absolute atomic E-state index is 12.9. The van der Waals surface area contributed by atoms with Crippen LogP contribution in [-0.2, 0) is 29.1 Å². The van der Waals surface area contributed by atoms with Gasteiger partial charge in [0.2, 0.25) is 11.8 Å². The largest absolute Gasteiger partial charge is 0.322 e. The Bertz CT molecular complexity index is 1020. The standard InChI is InChI=1S/C24H28N4O3S/c29-22-8-7-21(23(30)27-22)28-13-17-10-15(5-6-19(17)24(28)31)9-16-3-1-2-4-20(16)26-12-18-11-25-14-32-18/h5-6,10-11,14,16,20-21,26H,1-4,7-9,12-13H2,(H,27,29,30)/t16-,20+,21?/m1/s1. The third kappa shape index (κ3) is 4.34. The maximum atomic E-state index is 12.9. The van der Waals surface area contributed by atoms with E-state index in [2.05, 4.69) is 27.8 Å². The van der Waals surface area contributed by atoms with Gasteiger partial charge in [0, 0.05) is 42.2 Å². The number of aromatic nitrogens is 1. The number of imide groups is 1. The minimum absolute atomic E-state index is 0.109. The number of thiazole rings is 1. The zero-order valence-electron chi connectivity index (χ0n) is 18.0. The van der Waals surface area contributed by atoms with Crippen molar-refractivity contribution in [3.05, 3.63) is 51.5 Å². The quantitative estimate of drug-likeness (QED) is 0.658. The first-order chi connectivity index (χ1) is 15.6. The Morgan fingerprint density at radius 3 is 2.84 bits per heavy atom. The molecule has 3 amide bonds. The Morgan fingerprint density at radius 1 is 1.16 bits per heavy atom. The van der Waals surface area contributed by atoms with Gasteiger partial charge in [-0.25, -0.2) is 0 Å². The number of carbonyl (C=O) groups is 3. The fourth-order valence-electron chi connectivity index (χ4n) is 5.34. The van der Waals surface area contributed by atoms with Crippen molar-refractivity contribution in [3.8, 4) is 0 Å². The highest BCUT2D eigenvalue weighted by molar-refractivity contribution is 7.09. The van der Waals surface area contributed by atoms with E-state index in [1.54, 1.807) is 16.2 Å². The molecule has 8 heteroatoms. The van der Waals surface area contributed by atoms with E-state index in [1.165, 1.54) is 36.1 Å². The van der Waals surface area contributed by atoms with Crippen molar-refractivity contribution >= 4 is 29.1 Å². The Balaban J connectivity index is 1.26. The summed E-state index contributed by atoms with van der Waals surface area (Å²) in [4.78, 5) is 43.7. The minimum atomic E-state index is -0.560. The van der Waals surface area contributed by atoms with Gasteiger partial charge < -0.3 is 10.2 Å². The van der Waals surface area contributed by atoms with Gasteiger partial charge in [0.25, 0.3) is 5.91 Å². The predicted octanol–water partition coefficient (Wildman–Crippen LogP) is 2.80. The van der Waals surface area contributed by atoms with Gasteiger partial charge in [-0.15, -0.1) is 11.3 Å². The average molecular weight is 453 g/mol. The lowest BCUT2D eigenvalue weighted by Gasteiger charge is -2.32. The van der Waals surface area contributed by atoms with E-state index >= 15 is 0 Å². The summed E-state index contributed by atoms with van der Waals surface area (Å²) >= 11 is 1.69. The van der Waals surface area contributed by atoms with Crippen LogP contribution in [0.4, 0.5) is 0 Å². The smallest absolute Gasteiger partial charge is 0.255 e. The summed E-state index contributed by atoms with van der Waals surface area (Å²) in [5.74, 6) is -0.163. The lowest BCUT2D eigenvalue weighted by atomic mass is 9.80. The lowest BCUT2D eigenvalue weighted by Crippen LogP contribution is -2.52. The molecule has 2 fully saturated rings. The molecule has 1 saturated heterocycles. The zero-order valence-corrected chi connectivity index (χ0v) is 18.8. The normalized spacial score (nSPS) is 25.7. The molecule has 1 aliphatic carbocycles. The molecule has 3 aliphatic rings. The molecule has 1 unspecified atom stereocenters. The molecular formula is C24H28N4O3S. The van der Waals surface area contributed by atoms with Gasteiger partial charge in [-0.1, -0.05) is 25.0 Å². The van der Waals surface area contributed by atoms with E-state index in [0.717, 1.165) is 18.5 Å². The van der Waals surface area contributed by atoms with Crippen LogP contribution in [0, 0.1) is 5.92 Å². The van der Waals surface area contributed by atoms with Crippen molar-refractivity contribution in [1.29, 1.82) is 0 Å². The summed E-state index contributed by atoms with van der Waals surface area (Å²) in [5.41, 5.74) is 4.79. The van der Waals surface area contributed by atoms with Crippen molar-refractivity contribution in [2.24, 2.45) is 5.92 Å². The Labute approximate surface area is 191 Å². The van der Waals surface area contributed by atoms with E-state index in [9.17, 15) is 14.4 Å². The molecular weight excluding hydrogens is 424 g/mol. The van der Waals surface area contributed by atoms with E-state index in [0.29, 0.717) is 30.5 Å². The molecule has 2 N–H and O–H groups in total. The highest BCUT2D eigenvalue weighted by atomic mass is 32.1. The zero-order chi connectivity index (χ0) is 22.1. The van der Waals surface area contributed by atoms with Crippen molar-refractivity contribution in [1.82, 2.24) is 20.5 Å². The third-order valence-corrected chi connectivity index (χ3v) is 7.80. The Hall–Kier alpha value is -2.58. The summed E-state index contributed by atoms with van der Waals surface area (Å²) in [5, 5.41) is 6.11. The fourth-order valence-corrected chi connectivity index (χ4v) is 5.88. The molecule has 2 aliphatic heterocycles.